The molecule has 0 aliphatic carbocycles. The predicted octanol–water partition coefficient (Wildman–Crippen LogP) is 2.96. The lowest BCUT2D eigenvalue weighted by Gasteiger charge is -2.18. The van der Waals surface area contributed by atoms with E-state index >= 15 is 0 Å². The number of anilines is 1. The second-order valence-electron chi connectivity index (χ2n) is 4.24. The number of hydrogen-bond donors (Lipinski definition) is 1. The van der Waals surface area contributed by atoms with Crippen LogP contribution in [0.1, 0.15) is 50.6 Å². The topological polar surface area (TPSA) is 42.2 Å². The lowest BCUT2D eigenvalue weighted by molar-refractivity contribution is 0.770. The van der Waals surface area contributed by atoms with Gasteiger partial charge in [-0.05, 0) is 19.3 Å². The molecule has 1 aromatic heterocycles. The van der Waals surface area contributed by atoms with Crippen molar-refractivity contribution < 1.29 is 0 Å². The summed E-state index contributed by atoms with van der Waals surface area (Å²) in [7, 11) is 0. The quantitative estimate of drug-likeness (QED) is 0.832. The van der Waals surface area contributed by atoms with Gasteiger partial charge < -0.3 is 10.6 Å². The van der Waals surface area contributed by atoms with E-state index in [0.717, 1.165) is 24.6 Å². The fraction of sp³-hybridized carbons (Fsp3) is 0.750. The van der Waals surface area contributed by atoms with E-state index in [1.165, 1.54) is 10.6 Å². The van der Waals surface area contributed by atoms with Crippen molar-refractivity contribution in [1.29, 1.82) is 0 Å². The van der Waals surface area contributed by atoms with Gasteiger partial charge in [0.25, 0.3) is 0 Å². The Balaban J connectivity index is 2.96. The van der Waals surface area contributed by atoms with Crippen molar-refractivity contribution >= 4 is 16.5 Å². The van der Waals surface area contributed by atoms with Gasteiger partial charge in [-0.2, -0.15) is 0 Å². The molecule has 2 N–H and O–H groups in total. The van der Waals surface area contributed by atoms with Crippen LogP contribution in [0.5, 0.6) is 0 Å². The number of thiazole rings is 1. The largest absolute Gasteiger partial charge is 0.348 e. The summed E-state index contributed by atoms with van der Waals surface area (Å²) in [6.45, 7) is 11.4. The molecule has 0 unspecified atom stereocenters. The van der Waals surface area contributed by atoms with Crippen molar-refractivity contribution in [1.82, 2.24) is 4.98 Å². The summed E-state index contributed by atoms with van der Waals surface area (Å²) in [6.07, 6.45) is 1.16. The highest BCUT2D eigenvalue weighted by Gasteiger charge is 2.16. The third-order valence-corrected chi connectivity index (χ3v) is 3.75. The second-order valence-corrected chi connectivity index (χ2v) is 5.31. The summed E-state index contributed by atoms with van der Waals surface area (Å²) in [5.74, 6) is 0.462. The standard InChI is InChI=1S/C12H23N3S/c1-5-7-15(6-2)12-14-11(9(3)4)10(8-13)16-12/h9H,5-8,13H2,1-4H3. The van der Waals surface area contributed by atoms with Crippen LogP contribution in [0.4, 0.5) is 5.13 Å². The van der Waals surface area contributed by atoms with Crippen molar-refractivity contribution in [3.05, 3.63) is 10.6 Å². The Labute approximate surface area is 103 Å². The molecule has 0 saturated carbocycles. The van der Waals surface area contributed by atoms with Gasteiger partial charge in [-0.25, -0.2) is 4.98 Å². The molecule has 0 aliphatic rings. The Hall–Kier alpha value is -0.610. The van der Waals surface area contributed by atoms with Crippen molar-refractivity contribution in [2.45, 2.75) is 46.6 Å². The minimum absolute atomic E-state index is 0.462. The lowest BCUT2D eigenvalue weighted by Crippen LogP contribution is -2.23. The molecular formula is C12H23N3S. The first-order chi connectivity index (χ1) is 7.63. The van der Waals surface area contributed by atoms with Gasteiger partial charge in [-0.15, -0.1) is 11.3 Å². The smallest absolute Gasteiger partial charge is 0.185 e. The van der Waals surface area contributed by atoms with E-state index in [4.69, 9.17) is 10.7 Å². The Morgan fingerprint density at radius 1 is 1.38 bits per heavy atom. The monoisotopic (exact) mass is 241 g/mol. The highest BCUT2D eigenvalue weighted by atomic mass is 32.1. The van der Waals surface area contributed by atoms with Gasteiger partial charge in [0.15, 0.2) is 5.13 Å². The highest BCUT2D eigenvalue weighted by molar-refractivity contribution is 7.15. The first kappa shape index (κ1) is 13.5. The average Bonchev–Trinajstić information content (AvgIpc) is 2.69. The fourth-order valence-corrected chi connectivity index (χ4v) is 2.93. The minimum atomic E-state index is 0.462. The van der Waals surface area contributed by atoms with E-state index in [0.29, 0.717) is 12.5 Å². The van der Waals surface area contributed by atoms with Crippen molar-refractivity contribution in [2.75, 3.05) is 18.0 Å². The van der Waals surface area contributed by atoms with Crippen LogP contribution in [0.3, 0.4) is 0 Å². The van der Waals surface area contributed by atoms with Crippen molar-refractivity contribution in [3.8, 4) is 0 Å². The van der Waals surface area contributed by atoms with Crippen LogP contribution in [0.25, 0.3) is 0 Å². The van der Waals surface area contributed by atoms with Crippen LogP contribution in [0.15, 0.2) is 0 Å². The van der Waals surface area contributed by atoms with Crippen LogP contribution >= 0.6 is 11.3 Å². The van der Waals surface area contributed by atoms with Gasteiger partial charge in [-0.1, -0.05) is 20.8 Å². The van der Waals surface area contributed by atoms with E-state index in [2.05, 4.69) is 32.6 Å². The van der Waals surface area contributed by atoms with Gasteiger partial charge in [-0.3, -0.25) is 0 Å². The summed E-state index contributed by atoms with van der Waals surface area (Å²) < 4.78 is 0. The molecule has 0 amide bonds. The summed E-state index contributed by atoms with van der Waals surface area (Å²) in [6, 6.07) is 0. The molecular weight excluding hydrogens is 218 g/mol. The van der Waals surface area contributed by atoms with Crippen LogP contribution in [-0.4, -0.2) is 18.1 Å². The van der Waals surface area contributed by atoms with E-state index in [-0.39, 0.29) is 0 Å². The van der Waals surface area contributed by atoms with Gasteiger partial charge in [0.2, 0.25) is 0 Å². The Kier molecular flexibility index (Phi) is 5.22. The van der Waals surface area contributed by atoms with Crippen LogP contribution in [-0.2, 0) is 6.54 Å². The molecule has 0 aliphatic heterocycles. The molecule has 16 heavy (non-hydrogen) atoms. The van der Waals surface area contributed by atoms with Crippen LogP contribution in [0, 0.1) is 0 Å². The first-order valence-electron chi connectivity index (χ1n) is 6.08. The molecule has 3 nitrogen and oxygen atoms in total. The maximum Gasteiger partial charge on any atom is 0.185 e. The summed E-state index contributed by atoms with van der Waals surface area (Å²) >= 11 is 1.75. The molecule has 0 bridgehead atoms. The normalized spacial score (nSPS) is 11.1. The van der Waals surface area contributed by atoms with E-state index < -0.39 is 0 Å². The predicted molar refractivity (Wildman–Crippen MR) is 72.3 cm³/mol. The molecule has 0 atom stereocenters. The number of nitrogens with zero attached hydrogens (tertiary/aromatic N) is 2. The molecule has 1 rings (SSSR count). The summed E-state index contributed by atoms with van der Waals surface area (Å²) in [4.78, 5) is 8.30. The van der Waals surface area contributed by atoms with E-state index in [9.17, 15) is 0 Å². The third kappa shape index (κ3) is 2.95. The molecule has 0 saturated heterocycles. The van der Waals surface area contributed by atoms with E-state index in [1.54, 1.807) is 11.3 Å². The van der Waals surface area contributed by atoms with Crippen LogP contribution < -0.4 is 10.6 Å². The minimum Gasteiger partial charge on any atom is -0.348 e. The molecule has 92 valence electrons. The second kappa shape index (κ2) is 6.21. The third-order valence-electron chi connectivity index (χ3n) is 2.59. The Bertz CT molecular complexity index is 320. The average molecular weight is 241 g/mol. The van der Waals surface area contributed by atoms with Gasteiger partial charge >= 0.3 is 0 Å². The number of rotatable bonds is 6. The van der Waals surface area contributed by atoms with Gasteiger partial charge in [0.1, 0.15) is 0 Å². The SMILES string of the molecule is CCCN(CC)c1nc(C(C)C)c(CN)s1. The summed E-state index contributed by atoms with van der Waals surface area (Å²) in [5.41, 5.74) is 6.95. The Morgan fingerprint density at radius 2 is 2.06 bits per heavy atom. The molecule has 1 aromatic rings. The molecule has 1 heterocycles. The van der Waals surface area contributed by atoms with Gasteiger partial charge in [0, 0.05) is 24.5 Å². The molecule has 0 aromatic carbocycles. The van der Waals surface area contributed by atoms with Gasteiger partial charge in [0.05, 0.1) is 5.69 Å². The zero-order chi connectivity index (χ0) is 12.1. The first-order valence-corrected chi connectivity index (χ1v) is 6.90. The van der Waals surface area contributed by atoms with Crippen molar-refractivity contribution in [2.24, 2.45) is 5.73 Å². The summed E-state index contributed by atoms with van der Waals surface area (Å²) in [5, 5.41) is 1.13. The van der Waals surface area contributed by atoms with Crippen molar-refractivity contribution in [3.63, 3.8) is 0 Å². The lowest BCUT2D eigenvalue weighted by atomic mass is 10.1. The number of aromatic nitrogens is 1. The maximum absolute atomic E-state index is 5.77. The fourth-order valence-electron chi connectivity index (χ4n) is 1.74. The molecule has 0 radical (unpaired) electrons. The van der Waals surface area contributed by atoms with E-state index in [1.807, 2.05) is 0 Å². The van der Waals surface area contributed by atoms with Crippen LogP contribution in [0.2, 0.25) is 0 Å². The molecule has 0 spiro atoms. The highest BCUT2D eigenvalue weighted by Crippen LogP contribution is 2.30. The molecule has 4 heteroatoms. The maximum atomic E-state index is 5.77. The number of hydrogen-bond acceptors (Lipinski definition) is 4. The Morgan fingerprint density at radius 3 is 2.44 bits per heavy atom. The zero-order valence-corrected chi connectivity index (χ0v) is 11.6. The zero-order valence-electron chi connectivity index (χ0n) is 10.8. The molecule has 0 fully saturated rings. The number of nitrogens with two attached hydrogens (primary N) is 1.